The van der Waals surface area contributed by atoms with Gasteiger partial charge in [-0.25, -0.2) is 0 Å². The lowest BCUT2D eigenvalue weighted by atomic mass is 10.1. The van der Waals surface area contributed by atoms with Gasteiger partial charge in [0.15, 0.2) is 5.78 Å². The molecule has 0 bridgehead atoms. The minimum atomic E-state index is -0.857. The molecule has 2 aromatic carbocycles. The topological polar surface area (TPSA) is 118 Å². The molecule has 146 valence electrons. The molecule has 0 N–H and O–H groups in total. The first-order valence-corrected chi connectivity index (χ1v) is 8.95. The van der Waals surface area contributed by atoms with Crippen molar-refractivity contribution in [2.45, 2.75) is 12.8 Å². The van der Waals surface area contributed by atoms with Crippen LogP contribution in [0.3, 0.4) is 0 Å². The Morgan fingerprint density at radius 1 is 1.03 bits per heavy atom. The first-order valence-electron chi connectivity index (χ1n) is 8.95. The molecule has 0 spiro atoms. The molecule has 1 saturated heterocycles. The van der Waals surface area contributed by atoms with E-state index in [4.69, 9.17) is 0 Å². The van der Waals surface area contributed by atoms with Gasteiger partial charge in [-0.05, 0) is 36.8 Å². The molecule has 0 radical (unpaired) electrons. The molecule has 0 unspecified atom stereocenters. The number of rotatable bonds is 5. The summed E-state index contributed by atoms with van der Waals surface area (Å²) in [7, 11) is 0. The second-order valence-electron chi connectivity index (χ2n) is 6.77. The van der Waals surface area contributed by atoms with Gasteiger partial charge in [-0.2, -0.15) is 0 Å². The fourth-order valence-electron chi connectivity index (χ4n) is 3.59. The van der Waals surface area contributed by atoms with E-state index < -0.39 is 34.8 Å². The molecular formula is C20H15N3O6. The largest absolute Gasteiger partial charge is 0.312 e. The van der Waals surface area contributed by atoms with E-state index in [1.807, 2.05) is 0 Å². The van der Waals surface area contributed by atoms with Crippen LogP contribution >= 0.6 is 0 Å². The second kappa shape index (κ2) is 6.93. The van der Waals surface area contributed by atoms with Gasteiger partial charge in [0.05, 0.1) is 17.0 Å². The van der Waals surface area contributed by atoms with Crippen LogP contribution in [0.5, 0.6) is 0 Å². The van der Waals surface area contributed by atoms with Crippen LogP contribution in [0.4, 0.5) is 11.4 Å². The van der Waals surface area contributed by atoms with E-state index in [9.17, 15) is 29.3 Å². The highest BCUT2D eigenvalue weighted by atomic mass is 16.6. The minimum Gasteiger partial charge on any atom is -0.312 e. The Hall–Kier alpha value is -3.88. The first-order chi connectivity index (χ1) is 13.9. The molecule has 2 aliphatic rings. The Morgan fingerprint density at radius 2 is 1.76 bits per heavy atom. The zero-order valence-corrected chi connectivity index (χ0v) is 15.2. The van der Waals surface area contributed by atoms with Gasteiger partial charge in [-0.15, -0.1) is 0 Å². The summed E-state index contributed by atoms with van der Waals surface area (Å²) in [5.41, 5.74) is 0.111. The molecule has 2 aromatic rings. The second-order valence-corrected chi connectivity index (χ2v) is 6.77. The number of nitro benzene ring substituents is 1. The van der Waals surface area contributed by atoms with Crippen molar-refractivity contribution in [2.75, 3.05) is 18.0 Å². The Bertz CT molecular complexity index is 1080. The molecule has 0 atom stereocenters. The van der Waals surface area contributed by atoms with Gasteiger partial charge in [-0.1, -0.05) is 6.07 Å². The maximum atomic E-state index is 12.6. The maximum absolute atomic E-state index is 12.6. The summed E-state index contributed by atoms with van der Waals surface area (Å²) in [6.07, 6.45) is 1.28. The van der Waals surface area contributed by atoms with Crippen LogP contribution in [0.25, 0.3) is 0 Å². The summed E-state index contributed by atoms with van der Waals surface area (Å²) in [6.45, 7) is 0.103. The molecule has 2 aliphatic heterocycles. The van der Waals surface area contributed by atoms with Crippen molar-refractivity contribution in [2.24, 2.45) is 0 Å². The highest BCUT2D eigenvalue weighted by molar-refractivity contribution is 6.24. The third-order valence-corrected chi connectivity index (χ3v) is 5.05. The molecule has 0 saturated carbocycles. The number of fused-ring (bicyclic) bond motifs is 1. The number of imide groups is 1. The van der Waals surface area contributed by atoms with Gasteiger partial charge >= 0.3 is 0 Å². The first kappa shape index (κ1) is 18.5. The summed E-state index contributed by atoms with van der Waals surface area (Å²) in [4.78, 5) is 62.3. The molecule has 29 heavy (non-hydrogen) atoms. The molecule has 0 aliphatic carbocycles. The third-order valence-electron chi connectivity index (χ3n) is 5.05. The van der Waals surface area contributed by atoms with Gasteiger partial charge in [0.25, 0.3) is 17.5 Å². The van der Waals surface area contributed by atoms with E-state index in [0.717, 1.165) is 17.4 Å². The number of carbonyl (C=O) groups excluding carboxylic acids is 4. The van der Waals surface area contributed by atoms with Crippen LogP contribution < -0.4 is 4.90 Å². The zero-order valence-electron chi connectivity index (χ0n) is 15.2. The molecule has 9 heteroatoms. The van der Waals surface area contributed by atoms with E-state index in [2.05, 4.69) is 0 Å². The average molecular weight is 393 g/mol. The maximum Gasteiger partial charge on any atom is 0.282 e. The average Bonchev–Trinajstić information content (AvgIpc) is 3.25. The molecule has 0 aromatic heterocycles. The van der Waals surface area contributed by atoms with Crippen molar-refractivity contribution >= 4 is 34.9 Å². The van der Waals surface area contributed by atoms with Crippen LogP contribution in [-0.4, -0.2) is 46.4 Å². The molecule has 9 nitrogen and oxygen atoms in total. The third kappa shape index (κ3) is 3.06. The van der Waals surface area contributed by atoms with E-state index >= 15 is 0 Å². The fraction of sp³-hybridized carbons (Fsp3) is 0.200. The number of Topliss-reactive ketones (excluding diaryl/α,β-unsaturated/α-hetero) is 1. The van der Waals surface area contributed by atoms with Crippen molar-refractivity contribution in [3.63, 3.8) is 0 Å². The van der Waals surface area contributed by atoms with Crippen LogP contribution in [0.1, 0.15) is 43.9 Å². The molecule has 4 rings (SSSR count). The van der Waals surface area contributed by atoms with E-state index in [1.54, 1.807) is 17.0 Å². The Kier molecular flexibility index (Phi) is 4.42. The van der Waals surface area contributed by atoms with Crippen LogP contribution in [0.15, 0.2) is 42.5 Å². The number of benzene rings is 2. The molecule has 1 fully saturated rings. The SMILES string of the molecule is O=C(CN1C(=O)c2cccc([N+](=O)[O-])c2C1=O)c1ccc(N2CCCC2=O)cc1. The normalized spacial score (nSPS) is 15.8. The summed E-state index contributed by atoms with van der Waals surface area (Å²) in [6, 6.07) is 10.1. The Balaban J connectivity index is 1.54. The predicted molar refractivity (Wildman–Crippen MR) is 101 cm³/mol. The summed E-state index contributed by atoms with van der Waals surface area (Å²) >= 11 is 0. The Morgan fingerprint density at radius 3 is 2.38 bits per heavy atom. The number of hydrogen-bond donors (Lipinski definition) is 0. The number of hydrogen-bond acceptors (Lipinski definition) is 6. The van der Waals surface area contributed by atoms with E-state index in [1.165, 1.54) is 24.3 Å². The van der Waals surface area contributed by atoms with E-state index in [-0.39, 0.29) is 22.6 Å². The summed E-state index contributed by atoms with van der Waals surface area (Å²) < 4.78 is 0. The quantitative estimate of drug-likeness (QED) is 0.333. The van der Waals surface area contributed by atoms with Crippen LogP contribution in [-0.2, 0) is 4.79 Å². The number of nitrogens with zero attached hydrogens (tertiary/aromatic N) is 3. The monoisotopic (exact) mass is 393 g/mol. The van der Waals surface area contributed by atoms with Crippen molar-refractivity contribution < 1.29 is 24.1 Å². The number of amides is 3. The number of nitro groups is 1. The van der Waals surface area contributed by atoms with Gasteiger partial charge in [0.2, 0.25) is 5.91 Å². The smallest absolute Gasteiger partial charge is 0.282 e. The van der Waals surface area contributed by atoms with Crippen molar-refractivity contribution in [1.82, 2.24) is 4.90 Å². The Labute approximate surface area is 164 Å². The predicted octanol–water partition coefficient (Wildman–Crippen LogP) is 2.20. The van der Waals surface area contributed by atoms with Gasteiger partial charge in [0.1, 0.15) is 5.56 Å². The lowest BCUT2D eigenvalue weighted by molar-refractivity contribution is -0.385. The minimum absolute atomic E-state index is 0.0247. The number of anilines is 1. The highest BCUT2D eigenvalue weighted by Crippen LogP contribution is 2.31. The standard InChI is InChI=1S/C20H15N3O6/c24-16(12-6-8-13(9-7-12)21-10-2-5-17(21)25)11-22-19(26)14-3-1-4-15(23(28)29)18(14)20(22)27/h1,3-4,6-9H,2,5,10-11H2. The number of ketones is 1. The van der Waals surface area contributed by atoms with Gasteiger partial charge in [-0.3, -0.25) is 34.2 Å². The van der Waals surface area contributed by atoms with Crippen molar-refractivity contribution in [3.8, 4) is 0 Å². The molecular weight excluding hydrogens is 378 g/mol. The fourth-order valence-corrected chi connectivity index (χ4v) is 3.59. The highest BCUT2D eigenvalue weighted by Gasteiger charge is 2.41. The van der Waals surface area contributed by atoms with Gasteiger partial charge < -0.3 is 4.90 Å². The van der Waals surface area contributed by atoms with Crippen LogP contribution in [0.2, 0.25) is 0 Å². The molecule has 3 amide bonds. The van der Waals surface area contributed by atoms with Gasteiger partial charge in [0, 0.05) is 30.3 Å². The lowest BCUT2D eigenvalue weighted by Crippen LogP contribution is -2.35. The lowest BCUT2D eigenvalue weighted by Gasteiger charge is -2.16. The number of carbonyl (C=O) groups is 4. The van der Waals surface area contributed by atoms with Crippen LogP contribution in [0, 0.1) is 10.1 Å². The zero-order chi connectivity index (χ0) is 20.7. The molecule has 2 heterocycles. The van der Waals surface area contributed by atoms with Crippen molar-refractivity contribution in [3.05, 3.63) is 69.3 Å². The van der Waals surface area contributed by atoms with Crippen molar-refractivity contribution in [1.29, 1.82) is 0 Å². The summed E-state index contributed by atoms with van der Waals surface area (Å²) in [5, 5.41) is 11.2. The van der Waals surface area contributed by atoms with E-state index in [0.29, 0.717) is 18.7 Å². The summed E-state index contributed by atoms with van der Waals surface area (Å²) in [5.74, 6) is -2.05.